The second kappa shape index (κ2) is 8.94. The first kappa shape index (κ1) is 19.3. The molecule has 8 heteroatoms. The van der Waals surface area contributed by atoms with Gasteiger partial charge in [-0.15, -0.1) is 0 Å². The SMILES string of the molecule is CCCC1CC(N2CCNC2)NNC1C(=O)NC1=C(C(=O)O)CCCC1. The molecule has 0 bridgehead atoms. The molecule has 0 aromatic heterocycles. The van der Waals surface area contributed by atoms with Gasteiger partial charge >= 0.3 is 5.97 Å². The third kappa shape index (κ3) is 4.43. The van der Waals surface area contributed by atoms with E-state index in [-0.39, 0.29) is 24.0 Å². The Bertz CT molecular complexity index is 559. The van der Waals surface area contributed by atoms with Crippen LogP contribution in [-0.4, -0.2) is 53.8 Å². The minimum absolute atomic E-state index is 0.121. The van der Waals surface area contributed by atoms with Crippen molar-refractivity contribution in [3.05, 3.63) is 11.3 Å². The number of nitrogens with one attached hydrogen (secondary N) is 4. The Morgan fingerprint density at radius 2 is 2.08 bits per heavy atom. The van der Waals surface area contributed by atoms with Gasteiger partial charge in [0.25, 0.3) is 0 Å². The van der Waals surface area contributed by atoms with Gasteiger partial charge in [-0.25, -0.2) is 15.6 Å². The number of rotatable bonds is 6. The first-order valence-corrected chi connectivity index (χ1v) is 9.82. The van der Waals surface area contributed by atoms with Crippen LogP contribution in [0.5, 0.6) is 0 Å². The van der Waals surface area contributed by atoms with E-state index in [0.29, 0.717) is 24.1 Å². The summed E-state index contributed by atoms with van der Waals surface area (Å²) in [5.74, 6) is -0.810. The Balaban J connectivity index is 1.66. The summed E-state index contributed by atoms with van der Waals surface area (Å²) in [7, 11) is 0. The molecule has 3 aliphatic rings. The molecule has 0 aromatic carbocycles. The predicted octanol–water partition coefficient (Wildman–Crippen LogP) is 0.487. The first-order valence-electron chi connectivity index (χ1n) is 9.82. The molecule has 0 saturated carbocycles. The molecule has 26 heavy (non-hydrogen) atoms. The Labute approximate surface area is 154 Å². The third-order valence-corrected chi connectivity index (χ3v) is 5.68. The Morgan fingerprint density at radius 3 is 2.77 bits per heavy atom. The van der Waals surface area contributed by atoms with Crippen LogP contribution in [0.2, 0.25) is 0 Å². The summed E-state index contributed by atoms with van der Waals surface area (Å²) in [4.78, 5) is 26.7. The maximum atomic E-state index is 12.9. The van der Waals surface area contributed by atoms with Crippen LogP contribution in [0.15, 0.2) is 11.3 Å². The molecule has 146 valence electrons. The zero-order valence-electron chi connectivity index (χ0n) is 15.5. The summed E-state index contributed by atoms with van der Waals surface area (Å²) in [5, 5.41) is 15.6. The van der Waals surface area contributed by atoms with Gasteiger partial charge in [-0.05, 0) is 44.4 Å². The van der Waals surface area contributed by atoms with Gasteiger partial charge in [0, 0.05) is 25.5 Å². The predicted molar refractivity (Wildman–Crippen MR) is 97.7 cm³/mol. The van der Waals surface area contributed by atoms with Crippen LogP contribution in [0, 0.1) is 5.92 Å². The van der Waals surface area contributed by atoms with Crippen LogP contribution in [0.25, 0.3) is 0 Å². The van der Waals surface area contributed by atoms with Gasteiger partial charge in [0.2, 0.25) is 5.91 Å². The number of hydrogen-bond acceptors (Lipinski definition) is 6. The van der Waals surface area contributed by atoms with Crippen molar-refractivity contribution in [1.82, 2.24) is 26.4 Å². The summed E-state index contributed by atoms with van der Waals surface area (Å²) in [6.07, 6.45) is 6.07. The average Bonchev–Trinajstić information content (AvgIpc) is 3.17. The maximum absolute atomic E-state index is 12.9. The minimum atomic E-state index is -0.915. The van der Waals surface area contributed by atoms with Crippen molar-refractivity contribution in [2.45, 2.75) is 64.1 Å². The zero-order chi connectivity index (χ0) is 18.5. The molecule has 5 N–H and O–H groups in total. The maximum Gasteiger partial charge on any atom is 0.333 e. The van der Waals surface area contributed by atoms with E-state index >= 15 is 0 Å². The number of allylic oxidation sites excluding steroid dienone is 1. The molecular weight excluding hydrogens is 334 g/mol. The van der Waals surface area contributed by atoms with E-state index in [0.717, 1.165) is 51.9 Å². The number of hydrogen-bond donors (Lipinski definition) is 5. The van der Waals surface area contributed by atoms with E-state index in [1.807, 2.05) is 0 Å². The van der Waals surface area contributed by atoms with Crippen LogP contribution >= 0.6 is 0 Å². The van der Waals surface area contributed by atoms with Gasteiger partial charge in [0.05, 0.1) is 11.7 Å². The highest BCUT2D eigenvalue weighted by atomic mass is 16.4. The number of aliphatic carboxylic acids is 1. The summed E-state index contributed by atoms with van der Waals surface area (Å²) in [6, 6.07) is -0.341. The Morgan fingerprint density at radius 1 is 1.27 bits per heavy atom. The highest BCUT2D eigenvalue weighted by Crippen LogP contribution is 2.26. The molecule has 0 aromatic rings. The normalized spacial score (nSPS) is 30.4. The van der Waals surface area contributed by atoms with E-state index in [9.17, 15) is 14.7 Å². The lowest BCUT2D eigenvalue weighted by Gasteiger charge is -2.40. The lowest BCUT2D eigenvalue weighted by atomic mass is 9.87. The zero-order valence-corrected chi connectivity index (χ0v) is 15.5. The van der Waals surface area contributed by atoms with E-state index in [4.69, 9.17) is 0 Å². The van der Waals surface area contributed by atoms with Crippen LogP contribution in [0.1, 0.15) is 51.9 Å². The number of carboxylic acids is 1. The van der Waals surface area contributed by atoms with E-state index in [1.54, 1.807) is 0 Å². The molecule has 3 rings (SSSR count). The Hall–Kier alpha value is -1.48. The molecule has 2 saturated heterocycles. The third-order valence-electron chi connectivity index (χ3n) is 5.68. The smallest absolute Gasteiger partial charge is 0.333 e. The fourth-order valence-corrected chi connectivity index (χ4v) is 4.26. The number of hydrazine groups is 1. The van der Waals surface area contributed by atoms with Crippen molar-refractivity contribution in [3.8, 4) is 0 Å². The Kier molecular flexibility index (Phi) is 6.63. The van der Waals surface area contributed by atoms with Crippen molar-refractivity contribution in [2.75, 3.05) is 19.8 Å². The lowest BCUT2D eigenvalue weighted by Crippen LogP contribution is -2.64. The van der Waals surface area contributed by atoms with Gasteiger partial charge in [-0.2, -0.15) is 0 Å². The highest BCUT2D eigenvalue weighted by molar-refractivity contribution is 5.90. The molecule has 2 aliphatic heterocycles. The summed E-state index contributed by atoms with van der Waals surface area (Å²) in [6.45, 7) is 5.00. The van der Waals surface area contributed by atoms with Crippen molar-refractivity contribution in [1.29, 1.82) is 0 Å². The molecule has 1 aliphatic carbocycles. The van der Waals surface area contributed by atoms with Crippen molar-refractivity contribution < 1.29 is 14.7 Å². The van der Waals surface area contributed by atoms with Gasteiger partial charge in [-0.1, -0.05) is 13.3 Å². The van der Waals surface area contributed by atoms with Crippen LogP contribution in [0.3, 0.4) is 0 Å². The van der Waals surface area contributed by atoms with E-state index in [2.05, 4.69) is 33.3 Å². The second-order valence-electron chi connectivity index (χ2n) is 7.50. The summed E-state index contributed by atoms with van der Waals surface area (Å²) < 4.78 is 0. The van der Waals surface area contributed by atoms with Crippen molar-refractivity contribution >= 4 is 11.9 Å². The van der Waals surface area contributed by atoms with E-state index in [1.165, 1.54) is 0 Å². The minimum Gasteiger partial charge on any atom is -0.478 e. The quantitative estimate of drug-likeness (QED) is 0.466. The van der Waals surface area contributed by atoms with Crippen molar-refractivity contribution in [3.63, 3.8) is 0 Å². The van der Waals surface area contributed by atoms with Crippen LogP contribution < -0.4 is 21.5 Å². The monoisotopic (exact) mass is 365 g/mol. The summed E-state index contributed by atoms with van der Waals surface area (Å²) in [5.41, 5.74) is 7.46. The van der Waals surface area contributed by atoms with Gasteiger partial charge < -0.3 is 15.7 Å². The molecule has 3 atom stereocenters. The average molecular weight is 365 g/mol. The van der Waals surface area contributed by atoms with Gasteiger partial charge in [0.15, 0.2) is 0 Å². The van der Waals surface area contributed by atoms with Crippen LogP contribution in [-0.2, 0) is 9.59 Å². The molecule has 3 unspecified atom stereocenters. The highest BCUT2D eigenvalue weighted by Gasteiger charge is 2.37. The van der Waals surface area contributed by atoms with Gasteiger partial charge in [-0.3, -0.25) is 9.69 Å². The van der Waals surface area contributed by atoms with Crippen molar-refractivity contribution in [2.24, 2.45) is 5.92 Å². The molecular formula is C18H31N5O3. The largest absolute Gasteiger partial charge is 0.478 e. The summed E-state index contributed by atoms with van der Waals surface area (Å²) >= 11 is 0. The molecule has 1 amide bonds. The fraction of sp³-hybridized carbons (Fsp3) is 0.778. The molecule has 2 fully saturated rings. The number of carbonyl (C=O) groups is 2. The standard InChI is InChI=1S/C18H31N5O3/c1-2-5-12-10-15(23-9-8-19-11-23)21-22-16(12)17(24)20-14-7-4-3-6-13(14)18(25)26/h12,15-16,19,21-22H,2-11H2,1H3,(H,20,24)(H,25,26). The number of carbonyl (C=O) groups excluding carboxylic acids is 1. The lowest BCUT2D eigenvalue weighted by molar-refractivity contribution is -0.133. The number of carboxylic acid groups (broad SMARTS) is 1. The second-order valence-corrected chi connectivity index (χ2v) is 7.50. The fourth-order valence-electron chi connectivity index (χ4n) is 4.26. The molecule has 0 spiro atoms. The number of nitrogens with zero attached hydrogens (tertiary/aromatic N) is 1. The molecule has 0 radical (unpaired) electrons. The molecule has 8 nitrogen and oxygen atoms in total. The van der Waals surface area contributed by atoms with Gasteiger partial charge in [0.1, 0.15) is 6.04 Å². The molecule has 2 heterocycles. The van der Waals surface area contributed by atoms with Crippen LogP contribution in [0.4, 0.5) is 0 Å². The number of amides is 1. The topological polar surface area (TPSA) is 106 Å². The first-order chi connectivity index (χ1) is 12.6. The van der Waals surface area contributed by atoms with E-state index < -0.39 is 5.97 Å².